The molecule has 0 bridgehead atoms. The fourth-order valence-electron chi connectivity index (χ4n) is 2.66. The summed E-state index contributed by atoms with van der Waals surface area (Å²) in [4.78, 5) is 0. The van der Waals surface area contributed by atoms with Gasteiger partial charge in [0.05, 0.1) is 19.8 Å². The first-order valence-corrected chi connectivity index (χ1v) is 8.03. The first-order valence-electron chi connectivity index (χ1n) is 8.03. The molecule has 1 aliphatic heterocycles. The van der Waals surface area contributed by atoms with Crippen LogP contribution in [-0.2, 0) is 27.4 Å². The van der Waals surface area contributed by atoms with Gasteiger partial charge in [0.2, 0.25) is 0 Å². The fourth-order valence-corrected chi connectivity index (χ4v) is 2.66. The van der Waals surface area contributed by atoms with E-state index in [1.165, 1.54) is 0 Å². The molecular formula is C19H22O5. The van der Waals surface area contributed by atoms with Crippen LogP contribution in [0, 0.1) is 0 Å². The Kier molecular flexibility index (Phi) is 5.96. The van der Waals surface area contributed by atoms with E-state index in [0.29, 0.717) is 13.2 Å². The lowest BCUT2D eigenvalue weighted by Crippen LogP contribution is -2.54. The molecule has 0 saturated carbocycles. The van der Waals surface area contributed by atoms with Crippen LogP contribution in [-0.4, -0.2) is 41.4 Å². The van der Waals surface area contributed by atoms with Crippen LogP contribution in [0.5, 0.6) is 0 Å². The first kappa shape index (κ1) is 17.1. The molecule has 1 aliphatic rings. The van der Waals surface area contributed by atoms with Gasteiger partial charge in [-0.05, 0) is 11.1 Å². The molecule has 24 heavy (non-hydrogen) atoms. The molecule has 0 spiro atoms. The van der Waals surface area contributed by atoms with Crippen LogP contribution in [0.15, 0.2) is 60.7 Å². The molecular weight excluding hydrogens is 308 g/mol. The molecule has 5 nitrogen and oxygen atoms in total. The molecule has 0 aliphatic carbocycles. The smallest absolute Gasteiger partial charge is 0.183 e. The van der Waals surface area contributed by atoms with E-state index in [9.17, 15) is 10.2 Å². The van der Waals surface area contributed by atoms with Gasteiger partial charge < -0.3 is 24.4 Å². The van der Waals surface area contributed by atoms with E-state index in [-0.39, 0.29) is 6.61 Å². The number of benzene rings is 2. The van der Waals surface area contributed by atoms with E-state index in [2.05, 4.69) is 0 Å². The van der Waals surface area contributed by atoms with Crippen LogP contribution in [0.2, 0.25) is 0 Å². The zero-order chi connectivity index (χ0) is 16.8. The first-order chi connectivity index (χ1) is 11.7. The SMILES string of the molecule is O[C@@H]1[C@@H](OCc2ccccc2)[C@@H](OCc2ccccc2)CO[C@@H]1O. The average molecular weight is 330 g/mol. The minimum Gasteiger partial charge on any atom is -0.385 e. The van der Waals surface area contributed by atoms with E-state index in [1.807, 2.05) is 60.7 Å². The molecule has 0 unspecified atom stereocenters. The quantitative estimate of drug-likeness (QED) is 0.846. The number of hydrogen-bond donors (Lipinski definition) is 2. The monoisotopic (exact) mass is 330 g/mol. The molecule has 0 aromatic heterocycles. The van der Waals surface area contributed by atoms with E-state index in [1.54, 1.807) is 0 Å². The van der Waals surface area contributed by atoms with Gasteiger partial charge in [-0.1, -0.05) is 60.7 Å². The molecule has 2 aromatic carbocycles. The van der Waals surface area contributed by atoms with Gasteiger partial charge in [0.1, 0.15) is 18.3 Å². The Morgan fingerprint density at radius 3 is 1.96 bits per heavy atom. The zero-order valence-corrected chi connectivity index (χ0v) is 13.3. The lowest BCUT2D eigenvalue weighted by Gasteiger charge is -2.37. The van der Waals surface area contributed by atoms with Crippen molar-refractivity contribution >= 4 is 0 Å². The third kappa shape index (κ3) is 4.41. The Balaban J connectivity index is 1.61. The summed E-state index contributed by atoms with van der Waals surface area (Å²) in [5, 5.41) is 19.9. The summed E-state index contributed by atoms with van der Waals surface area (Å²) in [5.74, 6) is 0. The highest BCUT2D eigenvalue weighted by Crippen LogP contribution is 2.22. The molecule has 1 saturated heterocycles. The van der Waals surface area contributed by atoms with Crippen molar-refractivity contribution in [3.63, 3.8) is 0 Å². The second-order valence-corrected chi connectivity index (χ2v) is 5.81. The van der Waals surface area contributed by atoms with Crippen molar-refractivity contribution in [2.75, 3.05) is 6.61 Å². The third-order valence-electron chi connectivity index (χ3n) is 4.02. The second-order valence-electron chi connectivity index (χ2n) is 5.81. The minimum atomic E-state index is -1.26. The summed E-state index contributed by atoms with van der Waals surface area (Å²) < 4.78 is 16.9. The number of aliphatic hydroxyl groups is 2. The van der Waals surface area contributed by atoms with Gasteiger partial charge in [-0.15, -0.1) is 0 Å². The Bertz CT molecular complexity index is 604. The Morgan fingerprint density at radius 1 is 0.833 bits per heavy atom. The molecule has 2 N–H and O–H groups in total. The highest BCUT2D eigenvalue weighted by Gasteiger charge is 2.40. The number of hydrogen-bond acceptors (Lipinski definition) is 5. The lowest BCUT2D eigenvalue weighted by molar-refractivity contribution is -0.273. The molecule has 5 heteroatoms. The van der Waals surface area contributed by atoms with Crippen LogP contribution in [0.25, 0.3) is 0 Å². The van der Waals surface area contributed by atoms with E-state index >= 15 is 0 Å². The van der Waals surface area contributed by atoms with Gasteiger partial charge in [0.25, 0.3) is 0 Å². The van der Waals surface area contributed by atoms with Gasteiger partial charge in [-0.25, -0.2) is 0 Å². The van der Waals surface area contributed by atoms with Crippen molar-refractivity contribution in [1.82, 2.24) is 0 Å². The molecule has 0 amide bonds. The second kappa shape index (κ2) is 8.37. The van der Waals surface area contributed by atoms with Crippen molar-refractivity contribution < 1.29 is 24.4 Å². The maximum absolute atomic E-state index is 10.2. The lowest BCUT2D eigenvalue weighted by atomic mass is 10.0. The van der Waals surface area contributed by atoms with Gasteiger partial charge in [-0.3, -0.25) is 0 Å². The van der Waals surface area contributed by atoms with Gasteiger partial charge in [0.15, 0.2) is 6.29 Å². The minimum absolute atomic E-state index is 0.171. The standard InChI is InChI=1S/C19H22O5/c20-17-18(23-12-15-9-5-2-6-10-15)16(13-24-19(17)21)22-11-14-7-3-1-4-8-14/h1-10,16-21H,11-13H2/t16-,17+,18-,19-/m0/s1. The summed E-state index contributed by atoms with van der Waals surface area (Å²) in [6, 6.07) is 19.4. The number of aliphatic hydroxyl groups excluding tert-OH is 2. The topological polar surface area (TPSA) is 68.2 Å². The van der Waals surface area contributed by atoms with Crippen molar-refractivity contribution in [2.24, 2.45) is 0 Å². The highest BCUT2D eigenvalue weighted by molar-refractivity contribution is 5.14. The van der Waals surface area contributed by atoms with Crippen LogP contribution >= 0.6 is 0 Å². The molecule has 2 aromatic rings. The van der Waals surface area contributed by atoms with E-state index in [4.69, 9.17) is 14.2 Å². The van der Waals surface area contributed by atoms with Crippen LogP contribution < -0.4 is 0 Å². The Morgan fingerprint density at radius 2 is 1.38 bits per heavy atom. The normalized spacial score (nSPS) is 27.1. The Hall–Kier alpha value is -1.76. The van der Waals surface area contributed by atoms with Crippen molar-refractivity contribution in [3.05, 3.63) is 71.8 Å². The summed E-state index contributed by atoms with van der Waals surface area (Å²) in [6.45, 7) is 0.897. The average Bonchev–Trinajstić information content (AvgIpc) is 2.63. The predicted molar refractivity (Wildman–Crippen MR) is 88.0 cm³/mol. The zero-order valence-electron chi connectivity index (χ0n) is 13.3. The van der Waals surface area contributed by atoms with Gasteiger partial charge in [-0.2, -0.15) is 0 Å². The number of rotatable bonds is 6. The molecule has 0 radical (unpaired) electrons. The summed E-state index contributed by atoms with van der Waals surface area (Å²) >= 11 is 0. The van der Waals surface area contributed by atoms with Crippen molar-refractivity contribution in [1.29, 1.82) is 0 Å². The summed E-state index contributed by atoms with van der Waals surface area (Å²) in [6.07, 6.45) is -3.52. The van der Waals surface area contributed by atoms with Crippen molar-refractivity contribution in [2.45, 2.75) is 37.8 Å². The van der Waals surface area contributed by atoms with Gasteiger partial charge in [0, 0.05) is 0 Å². The fraction of sp³-hybridized carbons (Fsp3) is 0.368. The molecule has 3 rings (SSSR count). The molecule has 1 fully saturated rings. The maximum atomic E-state index is 10.2. The third-order valence-corrected chi connectivity index (χ3v) is 4.02. The van der Waals surface area contributed by atoms with Crippen molar-refractivity contribution in [3.8, 4) is 0 Å². The highest BCUT2D eigenvalue weighted by atomic mass is 16.6. The van der Waals surface area contributed by atoms with Crippen LogP contribution in [0.4, 0.5) is 0 Å². The largest absolute Gasteiger partial charge is 0.385 e. The maximum Gasteiger partial charge on any atom is 0.183 e. The van der Waals surface area contributed by atoms with E-state index in [0.717, 1.165) is 11.1 Å². The number of ether oxygens (including phenoxy) is 3. The molecule has 4 atom stereocenters. The summed E-state index contributed by atoms with van der Waals surface area (Å²) in [7, 11) is 0. The van der Waals surface area contributed by atoms with Crippen LogP contribution in [0.1, 0.15) is 11.1 Å². The van der Waals surface area contributed by atoms with E-state index < -0.39 is 24.6 Å². The Labute approximate surface area is 141 Å². The van der Waals surface area contributed by atoms with Crippen LogP contribution in [0.3, 0.4) is 0 Å². The van der Waals surface area contributed by atoms with Gasteiger partial charge >= 0.3 is 0 Å². The predicted octanol–water partition coefficient (Wildman–Crippen LogP) is 1.87. The molecule has 1 heterocycles. The molecule has 128 valence electrons. The summed E-state index contributed by atoms with van der Waals surface area (Å²) in [5.41, 5.74) is 2.02.